The second-order valence-corrected chi connectivity index (χ2v) is 7.61. The van der Waals surface area contributed by atoms with Crippen molar-refractivity contribution in [2.45, 2.75) is 23.5 Å². The molecule has 9 heteroatoms. The molecule has 164 valence electrons. The predicted octanol–water partition coefficient (Wildman–Crippen LogP) is 4.37. The van der Waals surface area contributed by atoms with Gasteiger partial charge in [-0.3, -0.25) is 19.7 Å². The lowest BCUT2D eigenvalue weighted by atomic mass is 10.0. The van der Waals surface area contributed by atoms with Gasteiger partial charge in [-0.15, -0.1) is 0 Å². The fourth-order valence-electron chi connectivity index (χ4n) is 2.94. The Labute approximate surface area is 188 Å². The van der Waals surface area contributed by atoms with E-state index in [4.69, 9.17) is 4.74 Å². The van der Waals surface area contributed by atoms with Gasteiger partial charge in [0.25, 0.3) is 5.69 Å². The van der Waals surface area contributed by atoms with E-state index in [-0.39, 0.29) is 10.6 Å². The molecule has 0 aliphatic carbocycles. The molecule has 0 amide bonds. The molecule has 8 nitrogen and oxygen atoms in total. The molecular formula is C23H20N2O6S. The van der Waals surface area contributed by atoms with E-state index in [1.165, 1.54) is 18.2 Å². The Morgan fingerprint density at radius 2 is 1.47 bits per heavy atom. The third-order valence-electron chi connectivity index (χ3n) is 4.50. The molecule has 1 atom stereocenters. The van der Waals surface area contributed by atoms with Crippen LogP contribution in [0.25, 0.3) is 0 Å². The van der Waals surface area contributed by atoms with Crippen molar-refractivity contribution in [3.05, 3.63) is 106 Å². The number of hydrogen-bond donors (Lipinski definition) is 2. The second-order valence-electron chi connectivity index (χ2n) is 6.73. The van der Waals surface area contributed by atoms with E-state index in [2.05, 4.69) is 4.72 Å². The lowest BCUT2D eigenvalue weighted by molar-refractivity contribution is -0.387. The number of ether oxygens (including phenoxy) is 1. The maximum absolute atomic E-state index is 12.7. The van der Waals surface area contributed by atoms with E-state index < -0.39 is 35.4 Å². The number of nitrogens with zero attached hydrogens (tertiary/aromatic N) is 1. The number of nitrogens with one attached hydrogen (secondary N) is 1. The van der Waals surface area contributed by atoms with Crippen LogP contribution in [-0.4, -0.2) is 28.0 Å². The van der Waals surface area contributed by atoms with Crippen LogP contribution in [0.2, 0.25) is 0 Å². The van der Waals surface area contributed by atoms with Gasteiger partial charge in [-0.1, -0.05) is 72.8 Å². The lowest BCUT2D eigenvalue weighted by Crippen LogP contribution is -2.35. The number of carbonyl (C=O) groups excluding carboxylic acids is 1. The number of para-hydroxylation sites is 1. The van der Waals surface area contributed by atoms with Crippen LogP contribution in [-0.2, 0) is 14.3 Å². The first-order chi connectivity index (χ1) is 15.5. The normalized spacial score (nSPS) is 11.7. The standard InChI is InChI=1S/C23H20N2O6S/c26-21(31-22(16-9-3-1-4-10-16)17-11-5-2-6-12-17)15-18(23(27)28)24-32-20-14-8-7-13-19(20)25(29)30/h1-14,18,22,24H,15H2,(H,27,28)/t18-/m0/s1. The number of aliphatic carboxylic acids is 1. The molecule has 3 aromatic carbocycles. The Kier molecular flexibility index (Phi) is 7.96. The number of carbonyl (C=O) groups is 2. The maximum Gasteiger partial charge on any atom is 0.322 e. The van der Waals surface area contributed by atoms with E-state index in [1.54, 1.807) is 6.07 Å². The number of carboxylic acids is 1. The third kappa shape index (κ3) is 6.16. The molecule has 0 aliphatic rings. The highest BCUT2D eigenvalue weighted by Crippen LogP contribution is 2.28. The number of hydrogen-bond acceptors (Lipinski definition) is 7. The van der Waals surface area contributed by atoms with Gasteiger partial charge in [-0.2, -0.15) is 0 Å². The quantitative estimate of drug-likeness (QED) is 0.201. The number of benzene rings is 3. The van der Waals surface area contributed by atoms with E-state index >= 15 is 0 Å². The zero-order valence-corrected chi connectivity index (χ0v) is 17.6. The molecule has 3 aromatic rings. The highest BCUT2D eigenvalue weighted by atomic mass is 32.2. The summed E-state index contributed by atoms with van der Waals surface area (Å²) in [5.74, 6) is -1.99. The SMILES string of the molecule is O=C(C[C@H](NSc1ccccc1[N+](=O)[O-])C(=O)O)OC(c1ccccc1)c1ccccc1. The summed E-state index contributed by atoms with van der Waals surface area (Å²) in [6, 6.07) is 22.9. The minimum Gasteiger partial charge on any atom is -0.480 e. The van der Waals surface area contributed by atoms with Gasteiger partial charge in [0.15, 0.2) is 6.10 Å². The second kappa shape index (κ2) is 11.1. The van der Waals surface area contributed by atoms with Gasteiger partial charge in [0.1, 0.15) is 10.9 Å². The van der Waals surface area contributed by atoms with Gasteiger partial charge < -0.3 is 9.84 Å². The number of rotatable bonds is 10. The number of carboxylic acid groups (broad SMARTS) is 1. The van der Waals surface area contributed by atoms with Crippen LogP contribution in [0.5, 0.6) is 0 Å². The molecule has 3 rings (SSSR count). The van der Waals surface area contributed by atoms with Crippen molar-refractivity contribution in [1.82, 2.24) is 4.72 Å². The lowest BCUT2D eigenvalue weighted by Gasteiger charge is -2.20. The molecule has 0 unspecified atom stereocenters. The highest BCUT2D eigenvalue weighted by Gasteiger charge is 2.26. The summed E-state index contributed by atoms with van der Waals surface area (Å²) in [4.78, 5) is 35.2. The van der Waals surface area contributed by atoms with Crippen LogP contribution in [0, 0.1) is 10.1 Å². The Balaban J connectivity index is 1.71. The maximum atomic E-state index is 12.7. The van der Waals surface area contributed by atoms with Gasteiger partial charge >= 0.3 is 11.9 Å². The van der Waals surface area contributed by atoms with Crippen LogP contribution in [0.15, 0.2) is 89.8 Å². The highest BCUT2D eigenvalue weighted by molar-refractivity contribution is 7.97. The topological polar surface area (TPSA) is 119 Å². The third-order valence-corrected chi connectivity index (χ3v) is 5.46. The first kappa shape index (κ1) is 23.0. The molecule has 0 spiro atoms. The summed E-state index contributed by atoms with van der Waals surface area (Å²) in [5, 5.41) is 20.7. The zero-order chi connectivity index (χ0) is 22.9. The van der Waals surface area contributed by atoms with Gasteiger partial charge in [0.2, 0.25) is 0 Å². The largest absolute Gasteiger partial charge is 0.480 e. The zero-order valence-electron chi connectivity index (χ0n) is 16.8. The first-order valence-corrected chi connectivity index (χ1v) is 10.5. The van der Waals surface area contributed by atoms with Crippen molar-refractivity contribution in [2.75, 3.05) is 0 Å². The number of esters is 1. The molecule has 32 heavy (non-hydrogen) atoms. The molecule has 0 bridgehead atoms. The average Bonchev–Trinajstić information content (AvgIpc) is 2.81. The van der Waals surface area contributed by atoms with E-state index in [0.717, 1.165) is 23.1 Å². The van der Waals surface area contributed by atoms with E-state index in [1.807, 2.05) is 60.7 Å². The molecule has 2 N–H and O–H groups in total. The van der Waals surface area contributed by atoms with Crippen molar-refractivity contribution < 1.29 is 24.4 Å². The summed E-state index contributed by atoms with van der Waals surface area (Å²) in [6.07, 6.45) is -1.15. The first-order valence-electron chi connectivity index (χ1n) is 9.63. The Bertz CT molecular complexity index is 1040. The van der Waals surface area contributed by atoms with Crippen LogP contribution in [0.1, 0.15) is 23.7 Å². The summed E-state index contributed by atoms with van der Waals surface area (Å²) in [7, 11) is 0. The molecular weight excluding hydrogens is 432 g/mol. The predicted molar refractivity (Wildman–Crippen MR) is 119 cm³/mol. The van der Waals surface area contributed by atoms with E-state index in [0.29, 0.717) is 0 Å². The molecule has 0 aliphatic heterocycles. The minimum atomic E-state index is -1.31. The van der Waals surface area contributed by atoms with E-state index in [9.17, 15) is 24.8 Å². The molecule has 0 aromatic heterocycles. The fraction of sp³-hybridized carbons (Fsp3) is 0.130. The smallest absolute Gasteiger partial charge is 0.322 e. The monoisotopic (exact) mass is 452 g/mol. The summed E-state index contributed by atoms with van der Waals surface area (Å²) in [5.41, 5.74) is 1.34. The minimum absolute atomic E-state index is 0.162. The van der Waals surface area contributed by atoms with Crippen LogP contribution in [0.4, 0.5) is 5.69 Å². The molecule has 0 saturated heterocycles. The average molecular weight is 452 g/mol. The Morgan fingerprint density at radius 1 is 0.938 bits per heavy atom. The molecule has 0 radical (unpaired) electrons. The van der Waals surface area contributed by atoms with Gasteiger partial charge in [-0.05, 0) is 29.1 Å². The molecule has 0 fully saturated rings. The van der Waals surface area contributed by atoms with Crippen molar-refractivity contribution in [3.63, 3.8) is 0 Å². The summed E-state index contributed by atoms with van der Waals surface area (Å²) >= 11 is 0.785. The van der Waals surface area contributed by atoms with Crippen LogP contribution < -0.4 is 4.72 Å². The molecule has 0 heterocycles. The van der Waals surface area contributed by atoms with Crippen molar-refractivity contribution in [3.8, 4) is 0 Å². The van der Waals surface area contributed by atoms with Crippen molar-refractivity contribution >= 4 is 29.6 Å². The summed E-state index contributed by atoms with van der Waals surface area (Å²) < 4.78 is 8.28. The number of nitro groups is 1. The molecule has 0 saturated carbocycles. The fourth-order valence-corrected chi connectivity index (χ4v) is 3.79. The van der Waals surface area contributed by atoms with Gasteiger partial charge in [-0.25, -0.2) is 4.72 Å². The van der Waals surface area contributed by atoms with Crippen molar-refractivity contribution in [1.29, 1.82) is 0 Å². The van der Waals surface area contributed by atoms with Gasteiger partial charge in [0.05, 0.1) is 11.3 Å². The Hall–Kier alpha value is -3.69. The Morgan fingerprint density at radius 3 is 2.00 bits per heavy atom. The number of nitro benzene ring substituents is 1. The van der Waals surface area contributed by atoms with Gasteiger partial charge in [0, 0.05) is 6.07 Å². The van der Waals surface area contributed by atoms with Crippen molar-refractivity contribution in [2.24, 2.45) is 0 Å². The summed E-state index contributed by atoms with van der Waals surface area (Å²) in [6.45, 7) is 0. The van der Waals surface area contributed by atoms with Crippen LogP contribution >= 0.6 is 11.9 Å². The van der Waals surface area contributed by atoms with Crippen LogP contribution in [0.3, 0.4) is 0 Å².